The van der Waals surface area contributed by atoms with Crippen LogP contribution in [0, 0.1) is 0 Å². The van der Waals surface area contributed by atoms with E-state index in [0.717, 1.165) is 5.76 Å². The zero-order valence-corrected chi connectivity index (χ0v) is 7.23. The molecule has 0 atom stereocenters. The van der Waals surface area contributed by atoms with E-state index in [1.807, 2.05) is 0 Å². The summed E-state index contributed by atoms with van der Waals surface area (Å²) in [4.78, 5) is 10.9. The van der Waals surface area contributed by atoms with E-state index in [0.29, 0.717) is 6.42 Å². The van der Waals surface area contributed by atoms with Crippen molar-refractivity contribution < 1.29 is 19.1 Å². The van der Waals surface area contributed by atoms with Crippen molar-refractivity contribution in [2.24, 2.45) is 0 Å². The highest BCUT2D eigenvalue weighted by Crippen LogP contribution is 2.03. The molecule has 0 fully saturated rings. The third kappa shape index (κ3) is 3.75. The van der Waals surface area contributed by atoms with E-state index >= 15 is 0 Å². The number of carbonyl (C=O) groups is 1. The quantitative estimate of drug-likeness (QED) is 0.686. The smallest absolute Gasteiger partial charge is 0.306 e. The number of rotatable bonds is 5. The minimum atomic E-state index is -0.314. The lowest BCUT2D eigenvalue weighted by atomic mass is 10.2. The van der Waals surface area contributed by atoms with Crippen LogP contribution in [0.2, 0.25) is 0 Å². The Morgan fingerprint density at radius 3 is 3.08 bits per heavy atom. The molecule has 1 N–H and O–H groups in total. The van der Waals surface area contributed by atoms with Gasteiger partial charge in [-0.3, -0.25) is 4.79 Å². The first-order chi connectivity index (χ1) is 6.33. The highest BCUT2D eigenvalue weighted by atomic mass is 16.5. The van der Waals surface area contributed by atoms with Crippen LogP contribution in [0.15, 0.2) is 22.8 Å². The normalized spacial score (nSPS) is 9.92. The number of hydrogen-bond acceptors (Lipinski definition) is 4. The van der Waals surface area contributed by atoms with Gasteiger partial charge in [0.1, 0.15) is 12.4 Å². The first kappa shape index (κ1) is 9.80. The van der Waals surface area contributed by atoms with Crippen molar-refractivity contribution in [3.8, 4) is 0 Å². The number of ether oxygens (including phenoxy) is 1. The van der Waals surface area contributed by atoms with Crippen LogP contribution in [0.3, 0.4) is 0 Å². The maximum absolute atomic E-state index is 10.9. The van der Waals surface area contributed by atoms with Crippen molar-refractivity contribution in [2.75, 3.05) is 13.2 Å². The molecule has 4 heteroatoms. The zero-order valence-electron chi connectivity index (χ0n) is 7.23. The topological polar surface area (TPSA) is 59.7 Å². The summed E-state index contributed by atoms with van der Waals surface area (Å²) in [6.07, 6.45) is 2.39. The molecule has 0 aliphatic heterocycles. The molecule has 0 aliphatic rings. The minimum absolute atomic E-state index is 0.0665. The molecular formula is C9H12O4. The summed E-state index contributed by atoms with van der Waals surface area (Å²) >= 11 is 0. The van der Waals surface area contributed by atoms with Gasteiger partial charge in [-0.05, 0) is 12.1 Å². The fraction of sp³-hybridized carbons (Fsp3) is 0.444. The van der Waals surface area contributed by atoms with E-state index in [4.69, 9.17) is 9.52 Å². The molecule has 72 valence electrons. The lowest BCUT2D eigenvalue weighted by molar-refractivity contribution is -0.144. The van der Waals surface area contributed by atoms with Crippen LogP contribution in [0.4, 0.5) is 0 Å². The average Bonchev–Trinajstić information content (AvgIpc) is 2.64. The van der Waals surface area contributed by atoms with E-state index in [9.17, 15) is 4.79 Å². The van der Waals surface area contributed by atoms with Gasteiger partial charge in [-0.25, -0.2) is 0 Å². The van der Waals surface area contributed by atoms with Crippen molar-refractivity contribution in [1.82, 2.24) is 0 Å². The van der Waals surface area contributed by atoms with Crippen LogP contribution in [-0.2, 0) is 16.0 Å². The Hall–Kier alpha value is -1.29. The number of esters is 1. The van der Waals surface area contributed by atoms with Gasteiger partial charge in [0.05, 0.1) is 19.3 Å². The standard InChI is InChI=1S/C9H12O4/c10-5-7-13-9(11)4-3-8-2-1-6-12-8/h1-2,6,10H,3-5,7H2. The number of aliphatic hydroxyl groups is 1. The molecular weight excluding hydrogens is 172 g/mol. The van der Waals surface area contributed by atoms with E-state index in [1.54, 1.807) is 18.4 Å². The summed E-state index contributed by atoms with van der Waals surface area (Å²) in [5, 5.41) is 8.37. The number of aryl methyl sites for hydroxylation is 1. The van der Waals surface area contributed by atoms with Gasteiger partial charge in [0.15, 0.2) is 0 Å². The second kappa shape index (κ2) is 5.37. The second-order valence-electron chi connectivity index (χ2n) is 2.52. The first-order valence-corrected chi connectivity index (χ1v) is 4.12. The van der Waals surface area contributed by atoms with E-state index in [-0.39, 0.29) is 25.6 Å². The zero-order chi connectivity index (χ0) is 9.52. The molecule has 0 saturated carbocycles. The maximum Gasteiger partial charge on any atom is 0.306 e. The lowest BCUT2D eigenvalue weighted by Gasteiger charge is -2.00. The third-order valence-electron chi connectivity index (χ3n) is 1.51. The maximum atomic E-state index is 10.9. The second-order valence-corrected chi connectivity index (χ2v) is 2.52. The number of carbonyl (C=O) groups excluding carboxylic acids is 1. The van der Waals surface area contributed by atoms with Crippen LogP contribution in [0.5, 0.6) is 0 Å². The van der Waals surface area contributed by atoms with Crippen molar-refractivity contribution in [3.63, 3.8) is 0 Å². The summed E-state index contributed by atoms with van der Waals surface area (Å²) in [7, 11) is 0. The molecule has 0 radical (unpaired) electrons. The Balaban J connectivity index is 2.15. The molecule has 0 aliphatic carbocycles. The summed E-state index contributed by atoms with van der Waals surface area (Å²) in [5.74, 6) is 0.450. The molecule has 1 aromatic rings. The first-order valence-electron chi connectivity index (χ1n) is 4.12. The minimum Gasteiger partial charge on any atom is -0.469 e. The summed E-state index contributed by atoms with van der Waals surface area (Å²) < 4.78 is 9.69. The summed E-state index contributed by atoms with van der Waals surface area (Å²) in [5.41, 5.74) is 0. The molecule has 13 heavy (non-hydrogen) atoms. The van der Waals surface area contributed by atoms with E-state index in [1.165, 1.54) is 0 Å². The molecule has 1 rings (SSSR count). The predicted octanol–water partition coefficient (Wildman–Crippen LogP) is 0.748. The Labute approximate surface area is 76.1 Å². The van der Waals surface area contributed by atoms with Crippen molar-refractivity contribution in [3.05, 3.63) is 24.2 Å². The lowest BCUT2D eigenvalue weighted by Crippen LogP contribution is -2.08. The predicted molar refractivity (Wildman–Crippen MR) is 45.1 cm³/mol. The van der Waals surface area contributed by atoms with Gasteiger partial charge in [-0.1, -0.05) is 0 Å². The van der Waals surface area contributed by atoms with E-state index in [2.05, 4.69) is 4.74 Å². The Morgan fingerprint density at radius 2 is 2.46 bits per heavy atom. The number of furan rings is 1. The van der Waals surface area contributed by atoms with Crippen molar-refractivity contribution in [1.29, 1.82) is 0 Å². The van der Waals surface area contributed by atoms with Crippen LogP contribution in [-0.4, -0.2) is 24.3 Å². The molecule has 4 nitrogen and oxygen atoms in total. The van der Waals surface area contributed by atoms with Gasteiger partial charge in [-0.2, -0.15) is 0 Å². The number of hydrogen-bond donors (Lipinski definition) is 1. The third-order valence-corrected chi connectivity index (χ3v) is 1.51. The molecule has 0 spiro atoms. The largest absolute Gasteiger partial charge is 0.469 e. The molecule has 0 unspecified atom stereocenters. The molecule has 0 saturated heterocycles. The van der Waals surface area contributed by atoms with Crippen LogP contribution < -0.4 is 0 Å². The molecule has 0 amide bonds. The van der Waals surface area contributed by atoms with Crippen molar-refractivity contribution >= 4 is 5.97 Å². The Kier molecular flexibility index (Phi) is 4.05. The highest BCUT2D eigenvalue weighted by Gasteiger charge is 2.04. The van der Waals surface area contributed by atoms with Gasteiger partial charge in [0, 0.05) is 6.42 Å². The van der Waals surface area contributed by atoms with Crippen LogP contribution in [0.1, 0.15) is 12.2 Å². The fourth-order valence-electron chi connectivity index (χ4n) is 0.912. The molecule has 1 heterocycles. The number of aliphatic hydroxyl groups excluding tert-OH is 1. The van der Waals surface area contributed by atoms with Gasteiger partial charge in [0.25, 0.3) is 0 Å². The average molecular weight is 184 g/mol. The van der Waals surface area contributed by atoms with Gasteiger partial charge in [0.2, 0.25) is 0 Å². The highest BCUT2D eigenvalue weighted by molar-refractivity contribution is 5.69. The van der Waals surface area contributed by atoms with Crippen molar-refractivity contribution in [2.45, 2.75) is 12.8 Å². The van der Waals surface area contributed by atoms with Gasteiger partial charge < -0.3 is 14.3 Å². The summed E-state index contributed by atoms with van der Waals surface area (Å²) in [6, 6.07) is 3.58. The Bertz CT molecular complexity index is 240. The SMILES string of the molecule is O=C(CCc1ccco1)OCCO. The fourth-order valence-corrected chi connectivity index (χ4v) is 0.912. The molecule has 0 aromatic carbocycles. The van der Waals surface area contributed by atoms with Gasteiger partial charge in [-0.15, -0.1) is 0 Å². The van der Waals surface area contributed by atoms with Crippen LogP contribution >= 0.6 is 0 Å². The molecule has 0 bridgehead atoms. The molecule has 1 aromatic heterocycles. The van der Waals surface area contributed by atoms with E-state index < -0.39 is 0 Å². The monoisotopic (exact) mass is 184 g/mol. The summed E-state index contributed by atoms with van der Waals surface area (Å²) in [6.45, 7) is -0.0660. The Morgan fingerprint density at radius 1 is 1.62 bits per heavy atom. The van der Waals surface area contributed by atoms with Crippen LogP contribution in [0.25, 0.3) is 0 Å². The van der Waals surface area contributed by atoms with Gasteiger partial charge >= 0.3 is 5.97 Å².